The number of fused-ring (bicyclic) bond motifs is 5. The molecule has 0 N–H and O–H groups in total. The summed E-state index contributed by atoms with van der Waals surface area (Å²) in [5, 5.41) is 4.37. The van der Waals surface area contributed by atoms with Crippen LogP contribution in [0.2, 0.25) is 0 Å². The van der Waals surface area contributed by atoms with E-state index in [4.69, 9.17) is 19.9 Å². The zero-order valence-electron chi connectivity index (χ0n) is 24.8. The third-order valence-electron chi connectivity index (χ3n) is 8.64. The number of pyridine rings is 2. The van der Waals surface area contributed by atoms with Gasteiger partial charge in [-0.3, -0.25) is 0 Å². The Kier molecular flexibility index (Phi) is 6.10. The average molecular weight is 587 g/mol. The molecule has 0 fully saturated rings. The molecule has 0 radical (unpaired) electrons. The van der Waals surface area contributed by atoms with E-state index in [1.165, 1.54) is 0 Å². The summed E-state index contributed by atoms with van der Waals surface area (Å²) in [4.78, 5) is 20.6. The molecule has 4 nitrogen and oxygen atoms in total. The van der Waals surface area contributed by atoms with Crippen molar-refractivity contribution in [3.8, 4) is 45.0 Å². The largest absolute Gasteiger partial charge is 0.245 e. The molecule has 3 heterocycles. The molecule has 214 valence electrons. The van der Waals surface area contributed by atoms with Gasteiger partial charge in [0.05, 0.1) is 44.8 Å². The number of hydrogen-bond donors (Lipinski definition) is 0. The second kappa shape index (κ2) is 10.7. The Morgan fingerprint density at radius 3 is 1.54 bits per heavy atom. The zero-order chi connectivity index (χ0) is 30.5. The lowest BCUT2D eigenvalue weighted by Crippen LogP contribution is -1.96. The van der Waals surface area contributed by atoms with E-state index in [1.807, 2.05) is 60.7 Å². The van der Waals surface area contributed by atoms with Crippen molar-refractivity contribution < 1.29 is 0 Å². The molecular formula is C42H26N4. The molecule has 0 aliphatic heterocycles. The van der Waals surface area contributed by atoms with Gasteiger partial charge in [-0.15, -0.1) is 0 Å². The number of nitrogens with zero attached hydrogens (tertiary/aromatic N) is 4. The highest BCUT2D eigenvalue weighted by Crippen LogP contribution is 2.37. The van der Waals surface area contributed by atoms with Crippen molar-refractivity contribution in [2.24, 2.45) is 0 Å². The van der Waals surface area contributed by atoms with Gasteiger partial charge in [0.1, 0.15) is 0 Å². The van der Waals surface area contributed by atoms with Crippen molar-refractivity contribution in [3.63, 3.8) is 0 Å². The van der Waals surface area contributed by atoms with Crippen LogP contribution in [0.15, 0.2) is 158 Å². The lowest BCUT2D eigenvalue weighted by molar-refractivity contribution is 1.30. The highest BCUT2D eigenvalue weighted by atomic mass is 14.8. The summed E-state index contributed by atoms with van der Waals surface area (Å²) >= 11 is 0. The van der Waals surface area contributed by atoms with E-state index in [2.05, 4.69) is 97.1 Å². The molecule has 0 spiro atoms. The molecule has 0 saturated heterocycles. The van der Waals surface area contributed by atoms with E-state index in [-0.39, 0.29) is 0 Å². The van der Waals surface area contributed by atoms with Gasteiger partial charge in [0.15, 0.2) is 0 Å². The van der Waals surface area contributed by atoms with E-state index in [0.717, 1.165) is 88.6 Å². The van der Waals surface area contributed by atoms with Gasteiger partial charge in [-0.05, 0) is 41.1 Å². The summed E-state index contributed by atoms with van der Waals surface area (Å²) < 4.78 is 0. The van der Waals surface area contributed by atoms with Crippen molar-refractivity contribution in [2.75, 3.05) is 0 Å². The van der Waals surface area contributed by atoms with Gasteiger partial charge < -0.3 is 0 Å². The first-order valence-corrected chi connectivity index (χ1v) is 15.4. The molecule has 0 amide bonds. The Bertz CT molecular complexity index is 2580. The normalized spacial score (nSPS) is 11.5. The lowest BCUT2D eigenvalue weighted by atomic mass is 9.95. The molecule has 4 heteroatoms. The van der Waals surface area contributed by atoms with Crippen LogP contribution < -0.4 is 0 Å². The van der Waals surface area contributed by atoms with Gasteiger partial charge in [-0.1, -0.05) is 127 Å². The Morgan fingerprint density at radius 2 is 0.870 bits per heavy atom. The fourth-order valence-corrected chi connectivity index (χ4v) is 6.32. The molecule has 9 aromatic rings. The Morgan fingerprint density at radius 1 is 0.326 bits per heavy atom. The van der Waals surface area contributed by atoms with E-state index < -0.39 is 0 Å². The molecule has 0 aliphatic carbocycles. The summed E-state index contributed by atoms with van der Waals surface area (Å²) in [5.41, 5.74) is 11.3. The van der Waals surface area contributed by atoms with Crippen LogP contribution in [0.3, 0.4) is 0 Å². The zero-order valence-corrected chi connectivity index (χ0v) is 24.8. The van der Waals surface area contributed by atoms with Crippen LogP contribution >= 0.6 is 0 Å². The Hall–Kier alpha value is -6.26. The molecular weight excluding hydrogens is 560 g/mol. The topological polar surface area (TPSA) is 51.6 Å². The number of rotatable bonds is 4. The van der Waals surface area contributed by atoms with Crippen LogP contribution in [0.4, 0.5) is 0 Å². The first kappa shape index (κ1) is 26.2. The molecule has 0 atom stereocenters. The number of aromatic nitrogens is 4. The van der Waals surface area contributed by atoms with Gasteiger partial charge in [-0.25, -0.2) is 19.9 Å². The maximum Gasteiger partial charge on any atom is 0.0979 e. The van der Waals surface area contributed by atoms with Crippen molar-refractivity contribution in [3.05, 3.63) is 158 Å². The Labute approximate surface area is 265 Å². The minimum atomic E-state index is 0.864. The van der Waals surface area contributed by atoms with Crippen molar-refractivity contribution in [1.29, 1.82) is 0 Å². The highest BCUT2D eigenvalue weighted by Gasteiger charge is 2.16. The van der Waals surface area contributed by atoms with E-state index in [0.29, 0.717) is 0 Å². The summed E-state index contributed by atoms with van der Waals surface area (Å²) in [6.07, 6.45) is 0. The highest BCUT2D eigenvalue weighted by molar-refractivity contribution is 6.05. The number of benzene rings is 6. The first-order chi connectivity index (χ1) is 22.8. The van der Waals surface area contributed by atoms with E-state index in [9.17, 15) is 0 Å². The quantitative estimate of drug-likeness (QED) is 0.193. The van der Waals surface area contributed by atoms with Crippen LogP contribution in [0.25, 0.3) is 88.6 Å². The molecule has 0 aliphatic rings. The van der Waals surface area contributed by atoms with Crippen LogP contribution in [-0.4, -0.2) is 19.9 Å². The minimum absolute atomic E-state index is 0.864. The molecule has 9 rings (SSSR count). The number of hydrogen-bond acceptors (Lipinski definition) is 4. The van der Waals surface area contributed by atoms with Gasteiger partial charge in [0.25, 0.3) is 0 Å². The monoisotopic (exact) mass is 586 g/mol. The van der Waals surface area contributed by atoms with Crippen LogP contribution in [0.1, 0.15) is 0 Å². The lowest BCUT2D eigenvalue weighted by Gasteiger charge is -2.14. The van der Waals surface area contributed by atoms with E-state index >= 15 is 0 Å². The standard InChI is InChI=1S/C42H26N4/c1-3-10-28(11-4-1)35-24-22-30-19-20-31-23-25-36(44-40(31)39(30)43-35)32-21-18-27-14-9-15-33(34(27)26-32)42-41(29-12-5-2-6-13-29)45-37-16-7-8-17-38(37)46-42/h1-26H. The molecule has 0 bridgehead atoms. The van der Waals surface area contributed by atoms with Crippen molar-refractivity contribution in [1.82, 2.24) is 19.9 Å². The second-order valence-electron chi connectivity index (χ2n) is 11.5. The smallest absolute Gasteiger partial charge is 0.0979 e. The predicted molar refractivity (Wildman–Crippen MR) is 189 cm³/mol. The molecule has 46 heavy (non-hydrogen) atoms. The van der Waals surface area contributed by atoms with Gasteiger partial charge >= 0.3 is 0 Å². The summed E-state index contributed by atoms with van der Waals surface area (Å²) in [7, 11) is 0. The van der Waals surface area contributed by atoms with Crippen LogP contribution in [-0.2, 0) is 0 Å². The number of para-hydroxylation sites is 2. The summed E-state index contributed by atoms with van der Waals surface area (Å²) in [6, 6.07) is 54.3. The molecule has 0 unspecified atom stereocenters. The summed E-state index contributed by atoms with van der Waals surface area (Å²) in [5.74, 6) is 0. The maximum absolute atomic E-state index is 5.23. The molecule has 6 aromatic carbocycles. The van der Waals surface area contributed by atoms with Gasteiger partial charge in [0.2, 0.25) is 0 Å². The molecule has 3 aromatic heterocycles. The first-order valence-electron chi connectivity index (χ1n) is 15.4. The fraction of sp³-hybridized carbons (Fsp3) is 0. The van der Waals surface area contributed by atoms with Crippen LogP contribution in [0, 0.1) is 0 Å². The fourth-order valence-electron chi connectivity index (χ4n) is 6.32. The average Bonchev–Trinajstić information content (AvgIpc) is 3.14. The van der Waals surface area contributed by atoms with Gasteiger partial charge in [-0.2, -0.15) is 0 Å². The van der Waals surface area contributed by atoms with Crippen molar-refractivity contribution >= 4 is 43.6 Å². The predicted octanol–water partition coefficient (Wildman–Crippen LogP) is 10.5. The SMILES string of the molecule is c1ccc(-c2ccc3ccc4ccc(-c5ccc6cccc(-c7nc8ccccc8nc7-c7ccccc7)c6c5)nc4c3n2)cc1. The molecule has 0 saturated carbocycles. The maximum atomic E-state index is 5.23. The van der Waals surface area contributed by atoms with Crippen molar-refractivity contribution in [2.45, 2.75) is 0 Å². The summed E-state index contributed by atoms with van der Waals surface area (Å²) in [6.45, 7) is 0. The Balaban J connectivity index is 1.24. The third kappa shape index (κ3) is 4.47. The minimum Gasteiger partial charge on any atom is -0.245 e. The van der Waals surface area contributed by atoms with Gasteiger partial charge in [0, 0.05) is 33.0 Å². The third-order valence-corrected chi connectivity index (χ3v) is 8.64. The van der Waals surface area contributed by atoms with E-state index in [1.54, 1.807) is 0 Å². The van der Waals surface area contributed by atoms with Crippen LogP contribution in [0.5, 0.6) is 0 Å². The second-order valence-corrected chi connectivity index (χ2v) is 11.5.